The van der Waals surface area contributed by atoms with Crippen LogP contribution in [0.5, 0.6) is 5.75 Å². The normalized spacial score (nSPS) is 12.5. The van der Waals surface area contributed by atoms with Gasteiger partial charge >= 0.3 is 0 Å². The van der Waals surface area contributed by atoms with E-state index in [2.05, 4.69) is 23.5 Å². The minimum absolute atomic E-state index is 0.330. The number of nitrogens with one attached hydrogen (secondary N) is 1. The van der Waals surface area contributed by atoms with Crippen LogP contribution in [0.3, 0.4) is 0 Å². The summed E-state index contributed by atoms with van der Waals surface area (Å²) in [6.45, 7) is 3.19. The summed E-state index contributed by atoms with van der Waals surface area (Å²) in [5, 5.41) is 16.9. The standard InChI is InChI=1S/C16H23N3O/c1-13(3-4-14-5-7-16(20)8-6-14)17-10-9-15-11-18-19(2)12-15/h5-8,11-13,17,20H,3-4,9-10H2,1-2H3. The highest BCUT2D eigenvalue weighted by molar-refractivity contribution is 5.25. The first-order valence-corrected chi connectivity index (χ1v) is 7.12. The molecule has 0 aliphatic rings. The molecule has 0 radical (unpaired) electrons. The minimum Gasteiger partial charge on any atom is -0.508 e. The van der Waals surface area contributed by atoms with E-state index in [0.717, 1.165) is 25.8 Å². The van der Waals surface area contributed by atoms with E-state index in [9.17, 15) is 5.11 Å². The van der Waals surface area contributed by atoms with Crippen LogP contribution in [0.1, 0.15) is 24.5 Å². The Labute approximate surface area is 120 Å². The van der Waals surface area contributed by atoms with Gasteiger partial charge in [0, 0.05) is 19.3 Å². The molecule has 1 aromatic heterocycles. The van der Waals surface area contributed by atoms with Crippen LogP contribution >= 0.6 is 0 Å². The van der Waals surface area contributed by atoms with E-state index in [0.29, 0.717) is 11.8 Å². The topological polar surface area (TPSA) is 50.1 Å². The van der Waals surface area contributed by atoms with Crippen molar-refractivity contribution in [2.45, 2.75) is 32.2 Å². The fraction of sp³-hybridized carbons (Fsp3) is 0.438. The van der Waals surface area contributed by atoms with Gasteiger partial charge in [0.1, 0.15) is 5.75 Å². The highest BCUT2D eigenvalue weighted by atomic mass is 16.3. The third-order valence-electron chi connectivity index (χ3n) is 3.47. The number of phenols is 1. The first kappa shape index (κ1) is 14.6. The lowest BCUT2D eigenvalue weighted by molar-refractivity contribution is 0.474. The molecular formula is C16H23N3O. The highest BCUT2D eigenvalue weighted by Gasteiger charge is 2.03. The molecule has 4 heteroatoms. The number of benzene rings is 1. The summed E-state index contributed by atoms with van der Waals surface area (Å²) < 4.78 is 1.84. The van der Waals surface area contributed by atoms with Crippen LogP contribution in [-0.4, -0.2) is 27.5 Å². The van der Waals surface area contributed by atoms with Crippen molar-refractivity contribution >= 4 is 0 Å². The molecule has 1 unspecified atom stereocenters. The van der Waals surface area contributed by atoms with Crippen molar-refractivity contribution in [2.24, 2.45) is 7.05 Å². The van der Waals surface area contributed by atoms with Crippen LogP contribution in [0.2, 0.25) is 0 Å². The van der Waals surface area contributed by atoms with E-state index >= 15 is 0 Å². The molecule has 108 valence electrons. The van der Waals surface area contributed by atoms with Gasteiger partial charge in [0.15, 0.2) is 0 Å². The molecule has 0 saturated carbocycles. The number of aromatic hydroxyl groups is 1. The zero-order valence-electron chi connectivity index (χ0n) is 12.2. The zero-order chi connectivity index (χ0) is 14.4. The lowest BCUT2D eigenvalue weighted by Crippen LogP contribution is -2.28. The predicted molar refractivity (Wildman–Crippen MR) is 80.8 cm³/mol. The number of nitrogens with zero attached hydrogens (tertiary/aromatic N) is 2. The molecule has 20 heavy (non-hydrogen) atoms. The maximum absolute atomic E-state index is 9.24. The first-order valence-electron chi connectivity index (χ1n) is 7.12. The third kappa shape index (κ3) is 4.70. The Morgan fingerprint density at radius 2 is 1.95 bits per heavy atom. The smallest absolute Gasteiger partial charge is 0.115 e. The van der Waals surface area contributed by atoms with Crippen molar-refractivity contribution < 1.29 is 5.11 Å². The van der Waals surface area contributed by atoms with Gasteiger partial charge in [-0.2, -0.15) is 5.10 Å². The molecule has 0 bridgehead atoms. The molecule has 0 aliphatic heterocycles. The lowest BCUT2D eigenvalue weighted by atomic mass is 10.1. The van der Waals surface area contributed by atoms with Gasteiger partial charge in [-0.25, -0.2) is 0 Å². The van der Waals surface area contributed by atoms with Crippen LogP contribution < -0.4 is 5.32 Å². The van der Waals surface area contributed by atoms with Gasteiger partial charge < -0.3 is 10.4 Å². The van der Waals surface area contributed by atoms with E-state index in [1.54, 1.807) is 12.1 Å². The first-order chi connectivity index (χ1) is 9.63. The van der Waals surface area contributed by atoms with Crippen LogP contribution in [0.25, 0.3) is 0 Å². The molecule has 0 saturated heterocycles. The molecule has 2 rings (SSSR count). The molecule has 0 amide bonds. The Hall–Kier alpha value is -1.81. The van der Waals surface area contributed by atoms with E-state index in [4.69, 9.17) is 0 Å². The van der Waals surface area contributed by atoms with Crippen molar-refractivity contribution in [3.63, 3.8) is 0 Å². The minimum atomic E-state index is 0.330. The van der Waals surface area contributed by atoms with Crippen molar-refractivity contribution in [3.05, 3.63) is 47.8 Å². The molecule has 0 spiro atoms. The van der Waals surface area contributed by atoms with E-state index < -0.39 is 0 Å². The summed E-state index contributed by atoms with van der Waals surface area (Å²) in [7, 11) is 1.94. The average Bonchev–Trinajstić information content (AvgIpc) is 2.84. The summed E-state index contributed by atoms with van der Waals surface area (Å²) in [5.74, 6) is 0.330. The summed E-state index contributed by atoms with van der Waals surface area (Å²) in [4.78, 5) is 0. The SMILES string of the molecule is CC(CCc1ccc(O)cc1)NCCc1cnn(C)c1. The van der Waals surface area contributed by atoms with Gasteiger partial charge in [-0.05, 0) is 56.0 Å². The Kier molecular flexibility index (Phi) is 5.18. The Morgan fingerprint density at radius 3 is 2.60 bits per heavy atom. The predicted octanol–water partition coefficient (Wildman–Crippen LogP) is 2.28. The second-order valence-electron chi connectivity index (χ2n) is 5.33. The molecule has 0 aliphatic carbocycles. The molecule has 0 fully saturated rings. The summed E-state index contributed by atoms with van der Waals surface area (Å²) in [5.41, 5.74) is 2.54. The maximum Gasteiger partial charge on any atom is 0.115 e. The van der Waals surface area contributed by atoms with Gasteiger partial charge in [0.25, 0.3) is 0 Å². The van der Waals surface area contributed by atoms with Crippen LogP contribution in [0.4, 0.5) is 0 Å². The lowest BCUT2D eigenvalue weighted by Gasteiger charge is -2.13. The van der Waals surface area contributed by atoms with E-state index in [1.807, 2.05) is 30.1 Å². The fourth-order valence-corrected chi connectivity index (χ4v) is 2.21. The number of hydrogen-bond acceptors (Lipinski definition) is 3. The summed E-state index contributed by atoms with van der Waals surface area (Å²) in [6, 6.07) is 7.95. The number of rotatable bonds is 7. The average molecular weight is 273 g/mol. The maximum atomic E-state index is 9.24. The van der Waals surface area contributed by atoms with Gasteiger partial charge in [-0.3, -0.25) is 4.68 Å². The number of aryl methyl sites for hydroxylation is 2. The van der Waals surface area contributed by atoms with Gasteiger partial charge in [-0.15, -0.1) is 0 Å². The largest absolute Gasteiger partial charge is 0.508 e. The van der Waals surface area contributed by atoms with Crippen molar-refractivity contribution in [3.8, 4) is 5.75 Å². The number of phenolic OH excluding ortho intramolecular Hbond substituents is 1. The molecule has 4 nitrogen and oxygen atoms in total. The monoisotopic (exact) mass is 273 g/mol. The van der Waals surface area contributed by atoms with Crippen LogP contribution in [-0.2, 0) is 19.9 Å². The number of hydrogen-bond donors (Lipinski definition) is 2. The van der Waals surface area contributed by atoms with Crippen LogP contribution in [0.15, 0.2) is 36.7 Å². The second kappa shape index (κ2) is 7.10. The zero-order valence-corrected chi connectivity index (χ0v) is 12.2. The number of aromatic nitrogens is 2. The van der Waals surface area contributed by atoms with Gasteiger partial charge in [-0.1, -0.05) is 12.1 Å². The Morgan fingerprint density at radius 1 is 1.20 bits per heavy atom. The van der Waals surface area contributed by atoms with E-state index in [1.165, 1.54) is 11.1 Å². The Bertz CT molecular complexity index is 519. The summed E-state index contributed by atoms with van der Waals surface area (Å²) in [6.07, 6.45) is 7.11. The molecule has 1 heterocycles. The fourth-order valence-electron chi connectivity index (χ4n) is 2.21. The molecular weight excluding hydrogens is 250 g/mol. The molecule has 2 aromatic rings. The van der Waals surface area contributed by atoms with Crippen LogP contribution in [0, 0.1) is 0 Å². The molecule has 2 N–H and O–H groups in total. The van der Waals surface area contributed by atoms with Crippen molar-refractivity contribution in [1.82, 2.24) is 15.1 Å². The Balaban J connectivity index is 1.65. The molecule has 1 aromatic carbocycles. The quantitative estimate of drug-likeness (QED) is 0.813. The highest BCUT2D eigenvalue weighted by Crippen LogP contribution is 2.11. The molecule has 1 atom stereocenters. The van der Waals surface area contributed by atoms with Crippen molar-refractivity contribution in [1.29, 1.82) is 0 Å². The summed E-state index contributed by atoms with van der Waals surface area (Å²) >= 11 is 0. The van der Waals surface area contributed by atoms with E-state index in [-0.39, 0.29) is 0 Å². The van der Waals surface area contributed by atoms with Crippen molar-refractivity contribution in [2.75, 3.05) is 6.54 Å². The second-order valence-corrected chi connectivity index (χ2v) is 5.33. The van der Waals surface area contributed by atoms with Gasteiger partial charge in [0.2, 0.25) is 0 Å². The van der Waals surface area contributed by atoms with Gasteiger partial charge in [0.05, 0.1) is 6.20 Å². The third-order valence-corrected chi connectivity index (χ3v) is 3.47.